The predicted molar refractivity (Wildman–Crippen MR) is 45.0 cm³/mol. The normalized spacial score (nSPS) is 28.4. The Bertz CT molecular complexity index is 118. The van der Waals surface area contributed by atoms with Crippen LogP contribution in [0.25, 0.3) is 0 Å². The van der Waals surface area contributed by atoms with Crippen molar-refractivity contribution in [3.8, 4) is 0 Å². The molecule has 0 aromatic rings. The Morgan fingerprint density at radius 1 is 1.60 bits per heavy atom. The minimum Gasteiger partial charge on any atom is -0.299 e. The smallest absolute Gasteiger partial charge is 0.0163 e. The van der Waals surface area contributed by atoms with Crippen molar-refractivity contribution in [1.82, 2.24) is 4.90 Å². The van der Waals surface area contributed by atoms with Crippen molar-refractivity contribution < 1.29 is 0 Å². The van der Waals surface area contributed by atoms with Crippen LogP contribution in [0.2, 0.25) is 0 Å². The van der Waals surface area contributed by atoms with Crippen molar-refractivity contribution in [3.63, 3.8) is 0 Å². The number of hydrogen-bond donors (Lipinski definition) is 0. The Hall–Kier alpha value is -0.300. The summed E-state index contributed by atoms with van der Waals surface area (Å²) in [5.41, 5.74) is 0. The molecule has 0 radical (unpaired) electrons. The summed E-state index contributed by atoms with van der Waals surface area (Å²) in [7, 11) is 0. The first-order chi connectivity index (χ1) is 4.83. The van der Waals surface area contributed by atoms with Gasteiger partial charge in [-0.3, -0.25) is 4.90 Å². The van der Waals surface area contributed by atoms with Crippen molar-refractivity contribution in [2.24, 2.45) is 5.92 Å². The van der Waals surface area contributed by atoms with E-state index >= 15 is 0 Å². The van der Waals surface area contributed by atoms with E-state index in [0.29, 0.717) is 0 Å². The van der Waals surface area contributed by atoms with Crippen LogP contribution < -0.4 is 0 Å². The van der Waals surface area contributed by atoms with E-state index < -0.39 is 0 Å². The third-order valence-corrected chi connectivity index (χ3v) is 2.11. The highest BCUT2D eigenvalue weighted by Gasteiger charge is 2.16. The predicted octanol–water partition coefficient (Wildman–Crippen LogP) is 1.90. The molecule has 1 nitrogen and oxygen atoms in total. The van der Waals surface area contributed by atoms with E-state index in [1.807, 2.05) is 0 Å². The topological polar surface area (TPSA) is 3.24 Å². The molecular formula is C9H17N. The van der Waals surface area contributed by atoms with Crippen molar-refractivity contribution in [2.75, 3.05) is 19.6 Å². The Balaban J connectivity index is 2.18. The van der Waals surface area contributed by atoms with Crippen LogP contribution in [0, 0.1) is 5.92 Å². The van der Waals surface area contributed by atoms with E-state index in [4.69, 9.17) is 0 Å². The molecule has 1 heterocycles. The molecule has 1 atom stereocenters. The lowest BCUT2D eigenvalue weighted by atomic mass is 10.2. The maximum absolute atomic E-state index is 2.50. The fourth-order valence-corrected chi connectivity index (χ4v) is 1.45. The molecule has 0 amide bonds. The maximum Gasteiger partial charge on any atom is 0.0163 e. The first-order valence-corrected chi connectivity index (χ1v) is 4.16. The maximum atomic E-state index is 2.50. The number of rotatable bonds is 2. The van der Waals surface area contributed by atoms with Crippen LogP contribution >= 0.6 is 0 Å². The van der Waals surface area contributed by atoms with Crippen LogP contribution in [0.4, 0.5) is 0 Å². The summed E-state index contributed by atoms with van der Waals surface area (Å²) in [5.74, 6) is 0.922. The summed E-state index contributed by atoms with van der Waals surface area (Å²) < 4.78 is 0. The van der Waals surface area contributed by atoms with Crippen molar-refractivity contribution in [3.05, 3.63) is 12.2 Å². The molecule has 0 bridgehead atoms. The molecule has 1 heteroatoms. The molecule has 58 valence electrons. The van der Waals surface area contributed by atoms with Crippen LogP contribution in [0.1, 0.15) is 20.3 Å². The second-order valence-electron chi connectivity index (χ2n) is 3.22. The SMILES string of the molecule is C/C=C/CN1CC[C@H](C)C1. The average molecular weight is 139 g/mol. The second-order valence-corrected chi connectivity index (χ2v) is 3.22. The number of allylic oxidation sites excluding steroid dienone is 1. The van der Waals surface area contributed by atoms with E-state index in [0.717, 1.165) is 12.5 Å². The van der Waals surface area contributed by atoms with Gasteiger partial charge >= 0.3 is 0 Å². The molecule has 10 heavy (non-hydrogen) atoms. The van der Waals surface area contributed by atoms with E-state index in [-0.39, 0.29) is 0 Å². The zero-order valence-corrected chi connectivity index (χ0v) is 7.01. The molecule has 0 aromatic heterocycles. The third kappa shape index (κ3) is 2.14. The average Bonchev–Trinajstić information content (AvgIpc) is 2.31. The van der Waals surface area contributed by atoms with E-state index in [1.165, 1.54) is 19.5 Å². The third-order valence-electron chi connectivity index (χ3n) is 2.11. The minimum atomic E-state index is 0.922. The molecule has 1 aliphatic rings. The fourth-order valence-electron chi connectivity index (χ4n) is 1.45. The van der Waals surface area contributed by atoms with Gasteiger partial charge in [0.15, 0.2) is 0 Å². The summed E-state index contributed by atoms with van der Waals surface area (Å²) in [4.78, 5) is 2.50. The molecule has 1 saturated heterocycles. The molecule has 0 aliphatic carbocycles. The monoisotopic (exact) mass is 139 g/mol. The van der Waals surface area contributed by atoms with Gasteiger partial charge in [0.1, 0.15) is 0 Å². The van der Waals surface area contributed by atoms with E-state index in [1.54, 1.807) is 0 Å². The van der Waals surface area contributed by atoms with Gasteiger partial charge in [0.25, 0.3) is 0 Å². The zero-order valence-electron chi connectivity index (χ0n) is 7.01. The Morgan fingerprint density at radius 2 is 2.40 bits per heavy atom. The lowest BCUT2D eigenvalue weighted by molar-refractivity contribution is 0.364. The summed E-state index contributed by atoms with van der Waals surface area (Å²) in [6.07, 6.45) is 5.75. The van der Waals surface area contributed by atoms with Crippen LogP contribution in [0.5, 0.6) is 0 Å². The number of likely N-dealkylation sites (tertiary alicyclic amines) is 1. The van der Waals surface area contributed by atoms with Gasteiger partial charge in [0, 0.05) is 13.1 Å². The molecule has 0 saturated carbocycles. The Kier molecular flexibility index (Phi) is 2.94. The van der Waals surface area contributed by atoms with Gasteiger partial charge in [-0.15, -0.1) is 0 Å². The van der Waals surface area contributed by atoms with E-state index in [9.17, 15) is 0 Å². The summed E-state index contributed by atoms with van der Waals surface area (Å²) >= 11 is 0. The van der Waals surface area contributed by atoms with Gasteiger partial charge < -0.3 is 0 Å². The summed E-state index contributed by atoms with van der Waals surface area (Å²) in [6.45, 7) is 8.16. The molecular weight excluding hydrogens is 122 g/mol. The summed E-state index contributed by atoms with van der Waals surface area (Å²) in [6, 6.07) is 0. The van der Waals surface area contributed by atoms with Crippen LogP contribution in [0.3, 0.4) is 0 Å². The second kappa shape index (κ2) is 3.77. The summed E-state index contributed by atoms with van der Waals surface area (Å²) in [5, 5.41) is 0. The van der Waals surface area contributed by atoms with Gasteiger partial charge in [-0.1, -0.05) is 19.1 Å². The molecule has 0 aromatic carbocycles. The molecule has 1 fully saturated rings. The molecule has 0 unspecified atom stereocenters. The zero-order chi connectivity index (χ0) is 7.40. The van der Waals surface area contributed by atoms with Gasteiger partial charge in [-0.05, 0) is 25.8 Å². The van der Waals surface area contributed by atoms with Gasteiger partial charge in [0.05, 0.1) is 0 Å². The Morgan fingerprint density at radius 3 is 2.90 bits per heavy atom. The highest BCUT2D eigenvalue weighted by molar-refractivity contribution is 4.84. The number of hydrogen-bond acceptors (Lipinski definition) is 1. The molecule has 1 rings (SSSR count). The van der Waals surface area contributed by atoms with Crippen LogP contribution in [-0.4, -0.2) is 24.5 Å². The van der Waals surface area contributed by atoms with Gasteiger partial charge in [-0.25, -0.2) is 0 Å². The molecule has 1 aliphatic heterocycles. The van der Waals surface area contributed by atoms with Crippen LogP contribution in [0.15, 0.2) is 12.2 Å². The quantitative estimate of drug-likeness (QED) is 0.528. The number of nitrogens with zero attached hydrogens (tertiary/aromatic N) is 1. The standard InChI is InChI=1S/C9H17N/c1-3-4-6-10-7-5-9(2)8-10/h3-4,9H,5-8H2,1-2H3/b4-3+/t9-/m0/s1. The lowest BCUT2D eigenvalue weighted by Crippen LogP contribution is -2.19. The first-order valence-electron chi connectivity index (χ1n) is 4.16. The van der Waals surface area contributed by atoms with Crippen molar-refractivity contribution in [1.29, 1.82) is 0 Å². The van der Waals surface area contributed by atoms with Gasteiger partial charge in [0.2, 0.25) is 0 Å². The van der Waals surface area contributed by atoms with Crippen molar-refractivity contribution in [2.45, 2.75) is 20.3 Å². The van der Waals surface area contributed by atoms with E-state index in [2.05, 4.69) is 30.9 Å². The van der Waals surface area contributed by atoms with Crippen LogP contribution in [-0.2, 0) is 0 Å². The van der Waals surface area contributed by atoms with Crippen molar-refractivity contribution >= 4 is 0 Å². The van der Waals surface area contributed by atoms with Gasteiger partial charge in [-0.2, -0.15) is 0 Å². The highest BCUT2D eigenvalue weighted by atomic mass is 15.1. The largest absolute Gasteiger partial charge is 0.299 e. The lowest BCUT2D eigenvalue weighted by Gasteiger charge is -2.11. The molecule has 0 N–H and O–H groups in total. The minimum absolute atomic E-state index is 0.922. The molecule has 0 spiro atoms. The Labute approximate surface area is 63.7 Å². The highest BCUT2D eigenvalue weighted by Crippen LogP contribution is 2.13. The first kappa shape index (κ1) is 7.80. The fraction of sp³-hybridized carbons (Fsp3) is 0.778.